The second-order valence-corrected chi connectivity index (χ2v) is 10.4. The van der Waals surface area contributed by atoms with E-state index in [9.17, 15) is 9.59 Å². The number of imide groups is 1. The van der Waals surface area contributed by atoms with Gasteiger partial charge in [0.25, 0.3) is 0 Å². The van der Waals surface area contributed by atoms with E-state index in [1.54, 1.807) is 43.5 Å². The van der Waals surface area contributed by atoms with Gasteiger partial charge in [0.15, 0.2) is 0 Å². The molecule has 38 heavy (non-hydrogen) atoms. The second-order valence-electron chi connectivity index (χ2n) is 9.97. The summed E-state index contributed by atoms with van der Waals surface area (Å²) >= 11 is 6.26. The first kappa shape index (κ1) is 22.9. The summed E-state index contributed by atoms with van der Waals surface area (Å²) < 4.78 is 5.29. The molecule has 8 rings (SSSR count). The summed E-state index contributed by atoms with van der Waals surface area (Å²) in [6, 6.07) is 30.7. The zero-order chi connectivity index (χ0) is 26.0. The molecule has 2 amide bonds. The number of ether oxygens (including phenoxy) is 1. The van der Waals surface area contributed by atoms with E-state index in [4.69, 9.17) is 21.3 Å². The van der Waals surface area contributed by atoms with Gasteiger partial charge in [0.2, 0.25) is 11.8 Å². The Hall–Kier alpha value is -4.22. The maximum absolute atomic E-state index is 14.4. The number of amides is 2. The minimum atomic E-state index is -0.914. The lowest BCUT2D eigenvalue weighted by atomic mass is 9.47. The summed E-state index contributed by atoms with van der Waals surface area (Å²) in [5.74, 6) is -1.12. The Labute approximate surface area is 225 Å². The predicted molar refractivity (Wildman–Crippen MR) is 148 cm³/mol. The van der Waals surface area contributed by atoms with Crippen LogP contribution < -0.4 is 9.64 Å². The fraction of sp³-hybridized carbons (Fsp3) is 0.156. The largest absolute Gasteiger partial charge is 0.497 e. The van der Waals surface area contributed by atoms with Crippen LogP contribution in [0, 0.1) is 11.8 Å². The Kier molecular flexibility index (Phi) is 5.07. The highest BCUT2D eigenvalue weighted by Gasteiger charge is 2.67. The van der Waals surface area contributed by atoms with Crippen molar-refractivity contribution in [3.8, 4) is 5.75 Å². The molecule has 5 nitrogen and oxygen atoms in total. The lowest BCUT2D eigenvalue weighted by Gasteiger charge is -2.52. The van der Waals surface area contributed by atoms with Crippen LogP contribution in [-0.4, -0.2) is 25.1 Å². The van der Waals surface area contributed by atoms with Gasteiger partial charge in [-0.3, -0.25) is 14.6 Å². The van der Waals surface area contributed by atoms with Gasteiger partial charge in [-0.2, -0.15) is 0 Å². The van der Waals surface area contributed by atoms with Crippen molar-refractivity contribution in [2.45, 2.75) is 11.3 Å². The van der Waals surface area contributed by atoms with Gasteiger partial charge in [0, 0.05) is 17.2 Å². The van der Waals surface area contributed by atoms with Crippen molar-refractivity contribution in [3.63, 3.8) is 0 Å². The molecule has 1 saturated heterocycles. The summed E-state index contributed by atoms with van der Waals surface area (Å²) in [5.41, 5.74) is 4.51. The highest BCUT2D eigenvalue weighted by Crippen LogP contribution is 2.63. The molecule has 0 saturated carbocycles. The molecule has 4 aromatic rings. The summed E-state index contributed by atoms with van der Waals surface area (Å²) in [7, 11) is 1.59. The van der Waals surface area contributed by atoms with E-state index in [-0.39, 0.29) is 17.7 Å². The number of anilines is 1. The summed E-state index contributed by atoms with van der Waals surface area (Å²) in [6.07, 6.45) is 1.88. The van der Waals surface area contributed by atoms with E-state index in [0.717, 1.165) is 22.3 Å². The molecule has 2 bridgehead atoms. The normalized spacial score (nSPS) is 24.9. The van der Waals surface area contributed by atoms with Crippen molar-refractivity contribution in [1.82, 2.24) is 0 Å². The lowest BCUT2D eigenvalue weighted by molar-refractivity contribution is -0.122. The molecule has 0 radical (unpaired) electrons. The minimum absolute atomic E-state index is 0.181. The first-order chi connectivity index (χ1) is 18.5. The van der Waals surface area contributed by atoms with Crippen LogP contribution in [0.3, 0.4) is 0 Å². The van der Waals surface area contributed by atoms with Crippen molar-refractivity contribution >= 4 is 41.0 Å². The number of benzene rings is 4. The molecule has 1 aliphatic heterocycles. The first-order valence-electron chi connectivity index (χ1n) is 12.6. The average molecular weight is 519 g/mol. The number of nitrogens with zero attached hydrogens (tertiary/aromatic N) is 2. The Morgan fingerprint density at radius 1 is 0.842 bits per heavy atom. The molecule has 6 heteroatoms. The number of carbonyl (C=O) groups is 2. The maximum atomic E-state index is 14.4. The van der Waals surface area contributed by atoms with Crippen molar-refractivity contribution in [2.75, 3.05) is 12.0 Å². The van der Waals surface area contributed by atoms with Crippen LogP contribution in [0.5, 0.6) is 5.75 Å². The molecular weight excluding hydrogens is 496 g/mol. The predicted octanol–water partition coefficient (Wildman–Crippen LogP) is 6.30. The third-order valence-corrected chi connectivity index (χ3v) is 8.47. The Morgan fingerprint density at radius 2 is 1.50 bits per heavy atom. The average Bonchev–Trinajstić information content (AvgIpc) is 3.23. The van der Waals surface area contributed by atoms with E-state index >= 15 is 0 Å². The Morgan fingerprint density at radius 3 is 2.13 bits per heavy atom. The molecule has 0 aromatic heterocycles. The molecule has 1 fully saturated rings. The number of hydrogen-bond acceptors (Lipinski definition) is 4. The van der Waals surface area contributed by atoms with Gasteiger partial charge in [-0.25, -0.2) is 4.90 Å². The minimum Gasteiger partial charge on any atom is -0.497 e. The van der Waals surface area contributed by atoms with Crippen LogP contribution in [-0.2, 0) is 15.0 Å². The zero-order valence-corrected chi connectivity index (χ0v) is 21.3. The van der Waals surface area contributed by atoms with Gasteiger partial charge >= 0.3 is 0 Å². The highest BCUT2D eigenvalue weighted by molar-refractivity contribution is 6.30. The molecule has 4 aromatic carbocycles. The van der Waals surface area contributed by atoms with Gasteiger partial charge in [-0.05, 0) is 64.7 Å². The Bertz CT molecular complexity index is 1600. The van der Waals surface area contributed by atoms with E-state index < -0.39 is 17.3 Å². The summed E-state index contributed by atoms with van der Waals surface area (Å²) in [5, 5.41) is 0.584. The standard InChI is InChI=1S/C32H23ClN2O3/c1-38-22-15-13-21(14-16-22)35-30(36)28-27-23-9-2-4-11-25(23)32(29(28)31(35)37,26-12-5-3-10-24(26)27)18-34-20-8-6-7-19(33)17-20/h2-18,27-29H,1H3. The highest BCUT2D eigenvalue weighted by atomic mass is 35.5. The molecule has 2 unspecified atom stereocenters. The fourth-order valence-electron chi connectivity index (χ4n) is 6.77. The molecule has 1 heterocycles. The summed E-state index contributed by atoms with van der Waals surface area (Å²) in [4.78, 5) is 34.8. The molecule has 186 valence electrons. The van der Waals surface area contributed by atoms with Gasteiger partial charge < -0.3 is 4.74 Å². The molecule has 0 spiro atoms. The third-order valence-electron chi connectivity index (χ3n) is 8.24. The van der Waals surface area contributed by atoms with Crippen LogP contribution in [0.25, 0.3) is 0 Å². The molecular formula is C32H23ClN2O3. The number of hydrogen-bond donors (Lipinski definition) is 0. The number of aliphatic imine (C=N–C) groups is 1. The second kappa shape index (κ2) is 8.40. The zero-order valence-electron chi connectivity index (χ0n) is 20.5. The van der Waals surface area contributed by atoms with Crippen LogP contribution in [0.4, 0.5) is 11.4 Å². The van der Waals surface area contributed by atoms with Crippen molar-refractivity contribution in [3.05, 3.63) is 124 Å². The fourth-order valence-corrected chi connectivity index (χ4v) is 6.95. The molecule has 3 aliphatic carbocycles. The van der Waals surface area contributed by atoms with Crippen LogP contribution in [0.1, 0.15) is 28.2 Å². The number of rotatable bonds is 4. The van der Waals surface area contributed by atoms with Gasteiger partial charge in [-0.15, -0.1) is 0 Å². The van der Waals surface area contributed by atoms with Crippen molar-refractivity contribution in [1.29, 1.82) is 0 Å². The van der Waals surface area contributed by atoms with Crippen molar-refractivity contribution in [2.24, 2.45) is 16.8 Å². The quantitative estimate of drug-likeness (QED) is 0.235. The molecule has 2 atom stereocenters. The maximum Gasteiger partial charge on any atom is 0.239 e. The summed E-state index contributed by atoms with van der Waals surface area (Å²) in [6.45, 7) is 0. The molecule has 4 aliphatic rings. The number of methoxy groups -OCH3 is 1. The molecule has 0 N–H and O–H groups in total. The third kappa shape index (κ3) is 3.02. The van der Waals surface area contributed by atoms with Crippen LogP contribution in [0.2, 0.25) is 5.02 Å². The van der Waals surface area contributed by atoms with E-state index in [1.165, 1.54) is 4.90 Å². The van der Waals surface area contributed by atoms with E-state index in [2.05, 4.69) is 24.3 Å². The van der Waals surface area contributed by atoms with Crippen molar-refractivity contribution < 1.29 is 14.3 Å². The monoisotopic (exact) mass is 518 g/mol. The van der Waals surface area contributed by atoms with Gasteiger partial charge in [0.1, 0.15) is 5.75 Å². The van der Waals surface area contributed by atoms with Gasteiger partial charge in [-0.1, -0.05) is 66.2 Å². The van der Waals surface area contributed by atoms with E-state index in [1.807, 2.05) is 42.6 Å². The smallest absolute Gasteiger partial charge is 0.239 e. The van der Waals surface area contributed by atoms with E-state index in [0.29, 0.717) is 22.1 Å². The van der Waals surface area contributed by atoms with Crippen LogP contribution in [0.15, 0.2) is 102 Å². The van der Waals surface area contributed by atoms with Crippen LogP contribution >= 0.6 is 11.6 Å². The topological polar surface area (TPSA) is 59.0 Å². The lowest BCUT2D eigenvalue weighted by Crippen LogP contribution is -2.54. The Balaban J connectivity index is 1.48. The SMILES string of the molecule is COc1ccc(N2C(=O)C3C4c5ccccc5C(C=Nc5cccc(Cl)c5)(c5ccccc54)C3C2=O)cc1. The number of carbonyl (C=O) groups excluding carboxylic acids is 2. The van der Waals surface area contributed by atoms with Gasteiger partial charge in [0.05, 0.1) is 35.7 Å². The number of halogens is 1. The first-order valence-corrected chi connectivity index (χ1v) is 12.9.